The van der Waals surface area contributed by atoms with Crippen molar-refractivity contribution in [3.63, 3.8) is 0 Å². The van der Waals surface area contributed by atoms with Crippen LogP contribution in [0, 0.1) is 0 Å². The number of allylic oxidation sites excluding steroid dienone is 1. The summed E-state index contributed by atoms with van der Waals surface area (Å²) in [5.41, 5.74) is 2.14. The Balaban J connectivity index is 2.26. The van der Waals surface area contributed by atoms with Gasteiger partial charge >= 0.3 is 5.97 Å². The van der Waals surface area contributed by atoms with Crippen molar-refractivity contribution in [2.24, 2.45) is 0 Å². The Hall–Kier alpha value is -2.81. The zero-order valence-electron chi connectivity index (χ0n) is 13.1. The van der Waals surface area contributed by atoms with Crippen molar-refractivity contribution >= 4 is 12.0 Å². The van der Waals surface area contributed by atoms with Crippen molar-refractivity contribution in [2.45, 2.75) is 13.3 Å². The highest BCUT2D eigenvalue weighted by molar-refractivity contribution is 5.90. The predicted molar refractivity (Wildman–Crippen MR) is 91.9 cm³/mol. The highest BCUT2D eigenvalue weighted by atomic mass is 16.5. The van der Waals surface area contributed by atoms with Crippen LogP contribution >= 0.6 is 0 Å². The molecule has 0 atom stereocenters. The lowest BCUT2D eigenvalue weighted by atomic mass is 10.0. The van der Waals surface area contributed by atoms with Crippen LogP contribution in [0.3, 0.4) is 0 Å². The molecular formula is C20H20O3. The van der Waals surface area contributed by atoms with Crippen LogP contribution in [0.4, 0.5) is 0 Å². The van der Waals surface area contributed by atoms with E-state index in [1.165, 1.54) is 6.08 Å². The van der Waals surface area contributed by atoms with E-state index in [2.05, 4.69) is 0 Å². The first kappa shape index (κ1) is 16.6. The summed E-state index contributed by atoms with van der Waals surface area (Å²) in [6, 6.07) is 19.1. The number of hydrogen-bond acceptors (Lipinski definition) is 3. The third kappa shape index (κ3) is 5.15. The number of aliphatic hydroxyl groups excluding tert-OH is 1. The summed E-state index contributed by atoms with van der Waals surface area (Å²) < 4.78 is 5.06. The van der Waals surface area contributed by atoms with Gasteiger partial charge in [0.15, 0.2) is 0 Å². The van der Waals surface area contributed by atoms with E-state index in [9.17, 15) is 9.90 Å². The van der Waals surface area contributed by atoms with Gasteiger partial charge in [-0.2, -0.15) is 0 Å². The van der Waals surface area contributed by atoms with Gasteiger partial charge in [-0.3, -0.25) is 0 Å². The maximum Gasteiger partial charge on any atom is 0.338 e. The van der Waals surface area contributed by atoms with Crippen molar-refractivity contribution in [1.82, 2.24) is 0 Å². The smallest absolute Gasteiger partial charge is 0.338 e. The normalized spacial score (nSPS) is 12.0. The fourth-order valence-corrected chi connectivity index (χ4v) is 2.13. The number of aliphatic hydroxyl groups is 1. The molecule has 2 aromatic carbocycles. The van der Waals surface area contributed by atoms with Gasteiger partial charge in [0.1, 0.15) is 5.76 Å². The van der Waals surface area contributed by atoms with Crippen LogP contribution in [0.15, 0.2) is 78.1 Å². The molecule has 3 nitrogen and oxygen atoms in total. The molecule has 0 radical (unpaired) electrons. The maximum atomic E-state index is 12.1. The zero-order chi connectivity index (χ0) is 16.5. The summed E-state index contributed by atoms with van der Waals surface area (Å²) >= 11 is 0. The van der Waals surface area contributed by atoms with Gasteiger partial charge in [-0.1, -0.05) is 66.7 Å². The van der Waals surface area contributed by atoms with Gasteiger partial charge in [-0.25, -0.2) is 4.79 Å². The second-order valence-electron chi connectivity index (χ2n) is 4.99. The van der Waals surface area contributed by atoms with Gasteiger partial charge in [0, 0.05) is 6.42 Å². The summed E-state index contributed by atoms with van der Waals surface area (Å²) in [6.07, 6.45) is 3.62. The third-order valence-corrected chi connectivity index (χ3v) is 3.29. The fraction of sp³-hybridized carbons (Fsp3) is 0.150. The SMILES string of the molecule is CCOC(=O)/C(Cc1ccccc1)=C(O)/C=C/c1ccccc1. The first-order chi connectivity index (χ1) is 11.2. The van der Waals surface area contributed by atoms with Gasteiger partial charge in [-0.05, 0) is 24.1 Å². The highest BCUT2D eigenvalue weighted by Gasteiger charge is 2.15. The van der Waals surface area contributed by atoms with Gasteiger partial charge in [0.25, 0.3) is 0 Å². The Morgan fingerprint density at radius 1 is 1.04 bits per heavy atom. The number of rotatable bonds is 6. The Morgan fingerprint density at radius 3 is 2.26 bits per heavy atom. The minimum absolute atomic E-state index is 0.0730. The predicted octanol–water partition coefficient (Wildman–Crippen LogP) is 4.32. The standard InChI is InChI=1S/C20H20O3/c1-2-23-20(22)18(15-17-11-7-4-8-12-17)19(21)14-13-16-9-5-3-6-10-16/h3-14,21H,2,15H2,1H3/b14-13+,19-18-. The van der Waals surface area contributed by atoms with E-state index >= 15 is 0 Å². The minimum Gasteiger partial charge on any atom is -0.507 e. The van der Waals surface area contributed by atoms with E-state index in [1.54, 1.807) is 13.0 Å². The second-order valence-corrected chi connectivity index (χ2v) is 4.99. The number of hydrogen-bond donors (Lipinski definition) is 1. The minimum atomic E-state index is -0.494. The van der Waals surface area contributed by atoms with E-state index in [0.717, 1.165) is 11.1 Å². The molecule has 0 saturated heterocycles. The van der Waals surface area contributed by atoms with Crippen LogP contribution in [-0.2, 0) is 16.0 Å². The van der Waals surface area contributed by atoms with Crippen molar-refractivity contribution in [1.29, 1.82) is 0 Å². The molecule has 0 aliphatic carbocycles. The molecular weight excluding hydrogens is 288 g/mol. The largest absolute Gasteiger partial charge is 0.507 e. The van der Waals surface area contributed by atoms with Crippen LogP contribution in [-0.4, -0.2) is 17.7 Å². The zero-order valence-corrected chi connectivity index (χ0v) is 13.1. The molecule has 23 heavy (non-hydrogen) atoms. The molecule has 118 valence electrons. The molecule has 0 amide bonds. The molecule has 1 N–H and O–H groups in total. The number of carbonyl (C=O) groups is 1. The fourth-order valence-electron chi connectivity index (χ4n) is 2.13. The summed E-state index contributed by atoms with van der Waals surface area (Å²) in [6.45, 7) is 2.02. The number of esters is 1. The molecule has 0 bridgehead atoms. The molecule has 0 saturated carbocycles. The van der Waals surface area contributed by atoms with Crippen LogP contribution in [0.1, 0.15) is 18.1 Å². The van der Waals surface area contributed by atoms with Gasteiger partial charge in [-0.15, -0.1) is 0 Å². The quantitative estimate of drug-likeness (QED) is 0.374. The third-order valence-electron chi connectivity index (χ3n) is 3.29. The second kappa shape index (κ2) is 8.59. The summed E-state index contributed by atoms with van der Waals surface area (Å²) in [5.74, 6) is -0.567. The van der Waals surface area contributed by atoms with E-state index < -0.39 is 5.97 Å². The summed E-state index contributed by atoms with van der Waals surface area (Å²) in [5, 5.41) is 10.3. The molecule has 2 aromatic rings. The Bertz CT molecular complexity index is 685. The topological polar surface area (TPSA) is 46.5 Å². The summed E-state index contributed by atoms with van der Waals surface area (Å²) in [4.78, 5) is 12.1. The molecule has 0 aromatic heterocycles. The van der Waals surface area contributed by atoms with E-state index in [0.29, 0.717) is 6.42 Å². The first-order valence-electron chi connectivity index (χ1n) is 7.57. The summed E-state index contributed by atoms with van der Waals surface area (Å²) in [7, 11) is 0. The lowest BCUT2D eigenvalue weighted by Crippen LogP contribution is -2.12. The van der Waals surface area contributed by atoms with Crippen LogP contribution in [0.5, 0.6) is 0 Å². The molecule has 3 heteroatoms. The van der Waals surface area contributed by atoms with Crippen LogP contribution in [0.25, 0.3) is 6.08 Å². The first-order valence-corrected chi connectivity index (χ1v) is 7.57. The van der Waals surface area contributed by atoms with Crippen molar-refractivity contribution < 1.29 is 14.6 Å². The molecule has 0 aliphatic heterocycles. The Labute approximate surface area is 136 Å². The number of carbonyl (C=O) groups excluding carboxylic acids is 1. The van der Waals surface area contributed by atoms with Gasteiger partial charge < -0.3 is 9.84 Å². The average Bonchev–Trinajstić information content (AvgIpc) is 2.59. The molecule has 0 spiro atoms. The molecule has 0 aliphatic rings. The van der Waals surface area contributed by atoms with Crippen molar-refractivity contribution in [3.05, 3.63) is 89.2 Å². The van der Waals surface area contributed by atoms with E-state index in [-0.39, 0.29) is 17.9 Å². The van der Waals surface area contributed by atoms with E-state index in [1.807, 2.05) is 60.7 Å². The molecule has 0 fully saturated rings. The Morgan fingerprint density at radius 2 is 1.65 bits per heavy atom. The lowest BCUT2D eigenvalue weighted by Gasteiger charge is -2.08. The van der Waals surface area contributed by atoms with E-state index in [4.69, 9.17) is 4.74 Å². The monoisotopic (exact) mass is 308 g/mol. The van der Waals surface area contributed by atoms with Crippen molar-refractivity contribution in [3.8, 4) is 0 Å². The molecule has 0 unspecified atom stereocenters. The average molecular weight is 308 g/mol. The van der Waals surface area contributed by atoms with Crippen molar-refractivity contribution in [2.75, 3.05) is 6.61 Å². The lowest BCUT2D eigenvalue weighted by molar-refractivity contribution is -0.138. The number of ether oxygens (including phenoxy) is 1. The van der Waals surface area contributed by atoms with Gasteiger partial charge in [0.05, 0.1) is 12.2 Å². The molecule has 0 heterocycles. The van der Waals surface area contributed by atoms with Crippen LogP contribution < -0.4 is 0 Å². The molecule has 2 rings (SSSR count). The Kier molecular flexibility index (Phi) is 6.18. The van der Waals surface area contributed by atoms with Crippen LogP contribution in [0.2, 0.25) is 0 Å². The number of benzene rings is 2. The highest BCUT2D eigenvalue weighted by Crippen LogP contribution is 2.15. The van der Waals surface area contributed by atoms with Gasteiger partial charge in [0.2, 0.25) is 0 Å². The maximum absolute atomic E-state index is 12.1.